The van der Waals surface area contributed by atoms with E-state index in [1.807, 2.05) is 11.6 Å². The van der Waals surface area contributed by atoms with E-state index in [0.29, 0.717) is 40.7 Å². The van der Waals surface area contributed by atoms with Crippen LogP contribution in [0.25, 0.3) is 11.1 Å². The van der Waals surface area contributed by atoms with Gasteiger partial charge in [-0.3, -0.25) is 14.4 Å². The first-order chi connectivity index (χ1) is 18.4. The van der Waals surface area contributed by atoms with E-state index in [9.17, 15) is 22.8 Å². The molecule has 0 radical (unpaired) electrons. The van der Waals surface area contributed by atoms with Crippen molar-refractivity contribution in [1.29, 1.82) is 0 Å². The highest BCUT2D eigenvalue weighted by Crippen LogP contribution is 2.33. The first-order valence-corrected chi connectivity index (χ1v) is 15.5. The van der Waals surface area contributed by atoms with Gasteiger partial charge in [0.1, 0.15) is 0 Å². The standard InChI is InChI=1S/C28H38ClN3O5S2/c1-5-8-28(35)32(14-13-27(34)30-22(18-38)15-19(2)3)17-21-11-12-23(25(29)16-21)24-9-6-7-10-26(24)39(36,37)31-20(4)33/h6-7,9-12,16,19,22,38H,5,8,13-15,17-18H2,1-4H3,(H,30,34)(H,31,33)/t22-/m1/s1. The molecule has 0 aliphatic rings. The van der Waals surface area contributed by atoms with Gasteiger partial charge in [0.2, 0.25) is 17.7 Å². The van der Waals surface area contributed by atoms with Crippen LogP contribution in [0.4, 0.5) is 0 Å². The van der Waals surface area contributed by atoms with Crippen molar-refractivity contribution in [3.8, 4) is 11.1 Å². The highest BCUT2D eigenvalue weighted by Gasteiger charge is 2.22. The molecule has 2 aromatic rings. The van der Waals surface area contributed by atoms with Gasteiger partial charge in [-0.15, -0.1) is 0 Å². The Labute approximate surface area is 242 Å². The second-order valence-electron chi connectivity index (χ2n) is 9.86. The molecule has 0 bridgehead atoms. The lowest BCUT2D eigenvalue weighted by Gasteiger charge is -2.24. The number of amides is 3. The van der Waals surface area contributed by atoms with Crippen molar-refractivity contribution in [1.82, 2.24) is 14.9 Å². The molecular formula is C28H38ClN3O5S2. The molecule has 0 unspecified atom stereocenters. The molecule has 0 heterocycles. The predicted molar refractivity (Wildman–Crippen MR) is 158 cm³/mol. The number of rotatable bonds is 14. The second-order valence-corrected chi connectivity index (χ2v) is 12.3. The van der Waals surface area contributed by atoms with Gasteiger partial charge in [-0.2, -0.15) is 12.6 Å². The third-order valence-electron chi connectivity index (χ3n) is 5.92. The van der Waals surface area contributed by atoms with Crippen molar-refractivity contribution in [2.75, 3.05) is 12.3 Å². The highest BCUT2D eigenvalue weighted by molar-refractivity contribution is 7.90. The van der Waals surface area contributed by atoms with Crippen LogP contribution in [0.15, 0.2) is 47.4 Å². The largest absolute Gasteiger partial charge is 0.352 e. The molecule has 3 amide bonds. The zero-order valence-electron chi connectivity index (χ0n) is 22.9. The molecule has 214 valence electrons. The summed E-state index contributed by atoms with van der Waals surface area (Å²) in [7, 11) is -4.09. The summed E-state index contributed by atoms with van der Waals surface area (Å²) in [5, 5.41) is 3.30. The van der Waals surface area contributed by atoms with E-state index >= 15 is 0 Å². The highest BCUT2D eigenvalue weighted by atomic mass is 35.5. The van der Waals surface area contributed by atoms with Crippen LogP contribution in [-0.4, -0.2) is 49.4 Å². The summed E-state index contributed by atoms with van der Waals surface area (Å²) in [6.45, 7) is 7.73. The second kappa shape index (κ2) is 15.3. The number of sulfonamides is 1. The Hall–Kier alpha value is -2.56. The fourth-order valence-electron chi connectivity index (χ4n) is 4.21. The van der Waals surface area contributed by atoms with E-state index in [-0.39, 0.29) is 42.3 Å². The van der Waals surface area contributed by atoms with Crippen LogP contribution in [0.2, 0.25) is 5.02 Å². The molecule has 2 aromatic carbocycles. The predicted octanol–water partition coefficient (Wildman–Crippen LogP) is 4.81. The number of nitrogens with zero attached hydrogens (tertiary/aromatic N) is 1. The van der Waals surface area contributed by atoms with Gasteiger partial charge >= 0.3 is 0 Å². The van der Waals surface area contributed by atoms with Gasteiger partial charge in [0.25, 0.3) is 10.0 Å². The van der Waals surface area contributed by atoms with Crippen molar-refractivity contribution >= 4 is 52.0 Å². The zero-order chi connectivity index (χ0) is 29.2. The normalized spacial score (nSPS) is 12.2. The van der Waals surface area contributed by atoms with Crippen LogP contribution >= 0.6 is 24.2 Å². The number of nitrogens with one attached hydrogen (secondary N) is 2. The number of benzene rings is 2. The number of halogens is 1. The minimum atomic E-state index is -4.09. The van der Waals surface area contributed by atoms with Gasteiger partial charge in [-0.05, 0) is 36.5 Å². The molecule has 0 spiro atoms. The minimum absolute atomic E-state index is 0.0238. The third kappa shape index (κ3) is 10.2. The number of thiol groups is 1. The van der Waals surface area contributed by atoms with Crippen molar-refractivity contribution in [3.63, 3.8) is 0 Å². The van der Waals surface area contributed by atoms with Crippen molar-refractivity contribution < 1.29 is 22.8 Å². The first-order valence-electron chi connectivity index (χ1n) is 13.0. The van der Waals surface area contributed by atoms with Crippen LogP contribution in [0.5, 0.6) is 0 Å². The molecule has 0 aromatic heterocycles. The first kappa shape index (κ1) is 32.7. The van der Waals surface area contributed by atoms with E-state index in [0.717, 1.165) is 18.9 Å². The molecule has 0 saturated heterocycles. The quantitative estimate of drug-likeness (QED) is 0.271. The average molecular weight is 596 g/mol. The summed E-state index contributed by atoms with van der Waals surface area (Å²) in [6, 6.07) is 11.4. The summed E-state index contributed by atoms with van der Waals surface area (Å²) in [5.74, 6) is 0.0790. The Bertz CT molecular complexity index is 1270. The topological polar surface area (TPSA) is 113 Å². The van der Waals surface area contributed by atoms with Gasteiger partial charge in [0, 0.05) is 60.8 Å². The fraction of sp³-hybridized carbons (Fsp3) is 0.464. The van der Waals surface area contributed by atoms with Crippen LogP contribution in [-0.2, 0) is 31.0 Å². The maximum absolute atomic E-state index is 12.8. The molecule has 0 saturated carbocycles. The van der Waals surface area contributed by atoms with Crippen molar-refractivity contribution in [2.45, 2.75) is 70.9 Å². The van der Waals surface area contributed by atoms with Crippen LogP contribution in [0.1, 0.15) is 58.9 Å². The average Bonchev–Trinajstić information content (AvgIpc) is 2.85. The number of hydrogen-bond acceptors (Lipinski definition) is 6. The Balaban J connectivity index is 2.24. The summed E-state index contributed by atoms with van der Waals surface area (Å²) in [4.78, 5) is 38.4. The molecule has 8 nitrogen and oxygen atoms in total. The van der Waals surface area contributed by atoms with E-state index < -0.39 is 15.9 Å². The molecule has 2 rings (SSSR count). The van der Waals surface area contributed by atoms with E-state index in [1.165, 1.54) is 6.07 Å². The number of hydrogen-bond donors (Lipinski definition) is 3. The van der Waals surface area contributed by atoms with E-state index in [2.05, 4.69) is 31.8 Å². The molecule has 39 heavy (non-hydrogen) atoms. The van der Waals surface area contributed by atoms with E-state index in [1.54, 1.807) is 41.3 Å². The molecular weight excluding hydrogens is 558 g/mol. The van der Waals surface area contributed by atoms with Gasteiger partial charge in [-0.1, -0.05) is 62.7 Å². The Kier molecular flexibility index (Phi) is 12.8. The van der Waals surface area contributed by atoms with Gasteiger partial charge in [0.15, 0.2) is 0 Å². The lowest BCUT2D eigenvalue weighted by molar-refractivity contribution is -0.132. The molecule has 1 atom stereocenters. The fourth-order valence-corrected chi connectivity index (χ4v) is 5.97. The van der Waals surface area contributed by atoms with Crippen LogP contribution < -0.4 is 10.0 Å². The van der Waals surface area contributed by atoms with Crippen molar-refractivity contribution in [2.24, 2.45) is 5.92 Å². The summed E-state index contributed by atoms with van der Waals surface area (Å²) < 4.78 is 27.4. The minimum Gasteiger partial charge on any atom is -0.352 e. The lowest BCUT2D eigenvalue weighted by atomic mass is 10.0. The molecule has 0 aliphatic carbocycles. The van der Waals surface area contributed by atoms with Crippen LogP contribution in [0.3, 0.4) is 0 Å². The SMILES string of the molecule is CCCC(=O)N(CCC(=O)N[C@@H](CS)CC(C)C)Cc1ccc(-c2ccccc2S(=O)(=O)NC(C)=O)c(Cl)c1. The Morgan fingerprint density at radius 3 is 2.33 bits per heavy atom. The Morgan fingerprint density at radius 2 is 1.74 bits per heavy atom. The summed E-state index contributed by atoms with van der Waals surface area (Å²) in [5.41, 5.74) is 1.56. The van der Waals surface area contributed by atoms with Gasteiger partial charge in [0.05, 0.1) is 4.90 Å². The summed E-state index contributed by atoms with van der Waals surface area (Å²) in [6.07, 6.45) is 2.02. The maximum Gasteiger partial charge on any atom is 0.264 e. The van der Waals surface area contributed by atoms with E-state index in [4.69, 9.17) is 11.6 Å². The smallest absolute Gasteiger partial charge is 0.264 e. The molecule has 11 heteroatoms. The van der Waals surface area contributed by atoms with Crippen LogP contribution in [0, 0.1) is 5.92 Å². The third-order valence-corrected chi connectivity index (χ3v) is 8.16. The van der Waals surface area contributed by atoms with Gasteiger partial charge in [-0.25, -0.2) is 13.1 Å². The lowest BCUT2D eigenvalue weighted by Crippen LogP contribution is -2.40. The van der Waals surface area contributed by atoms with Gasteiger partial charge < -0.3 is 10.2 Å². The molecule has 2 N–H and O–H groups in total. The Morgan fingerprint density at radius 1 is 1.05 bits per heavy atom. The number of carbonyl (C=O) groups excluding carboxylic acids is 3. The summed E-state index contributed by atoms with van der Waals surface area (Å²) >= 11 is 10.9. The maximum atomic E-state index is 12.8. The molecule has 0 fully saturated rings. The monoisotopic (exact) mass is 595 g/mol. The van der Waals surface area contributed by atoms with Crippen molar-refractivity contribution in [3.05, 3.63) is 53.1 Å². The molecule has 0 aliphatic heterocycles. The zero-order valence-corrected chi connectivity index (χ0v) is 25.3. The number of carbonyl (C=O) groups is 3.